The van der Waals surface area contributed by atoms with Crippen LogP contribution < -0.4 is 0 Å². The molecule has 0 spiro atoms. The van der Waals surface area contributed by atoms with Crippen molar-refractivity contribution < 1.29 is 24.1 Å². The largest absolute Gasteiger partial charge is 0.433 e. The third-order valence-corrected chi connectivity index (χ3v) is 1.56. The Morgan fingerprint density at radius 2 is 1.93 bits per heavy atom. The van der Waals surface area contributed by atoms with Crippen LogP contribution in [0.4, 0.5) is 0 Å². The Hall–Kier alpha value is -0.650. The van der Waals surface area contributed by atoms with Gasteiger partial charge in [0.05, 0.1) is 13.2 Å². The monoisotopic (exact) mass is 220 g/mol. The Bertz CT molecular complexity index is 160. The van der Waals surface area contributed by atoms with Crippen LogP contribution in [0.25, 0.3) is 0 Å². The Morgan fingerprint density at radius 1 is 1.27 bits per heavy atom. The zero-order chi connectivity index (χ0) is 11.5. The molecule has 0 aliphatic rings. The minimum absolute atomic E-state index is 0.0114. The lowest BCUT2D eigenvalue weighted by atomic mass is 10.3. The highest BCUT2D eigenvalue weighted by Gasteiger charge is 2.09. The van der Waals surface area contributed by atoms with Gasteiger partial charge >= 0.3 is 5.97 Å². The van der Waals surface area contributed by atoms with Crippen molar-refractivity contribution in [2.45, 2.75) is 33.0 Å². The van der Waals surface area contributed by atoms with Crippen molar-refractivity contribution in [2.24, 2.45) is 0 Å². The quantitative estimate of drug-likeness (QED) is 0.352. The first-order valence-electron chi connectivity index (χ1n) is 5.23. The number of ether oxygens (including phenoxy) is 3. The Kier molecular flexibility index (Phi) is 9.46. The van der Waals surface area contributed by atoms with Gasteiger partial charge in [-0.25, -0.2) is 0 Å². The van der Waals surface area contributed by atoms with E-state index in [1.54, 1.807) is 0 Å². The lowest BCUT2D eigenvalue weighted by Crippen LogP contribution is -2.23. The maximum Gasteiger partial charge on any atom is 0.308 e. The third kappa shape index (κ3) is 9.65. The molecule has 0 saturated heterocycles. The molecule has 0 saturated carbocycles. The van der Waals surface area contributed by atoms with Crippen LogP contribution in [0.3, 0.4) is 0 Å². The Morgan fingerprint density at radius 3 is 2.53 bits per heavy atom. The number of hydrogen-bond acceptors (Lipinski definition) is 5. The second-order valence-electron chi connectivity index (χ2n) is 2.97. The van der Waals surface area contributed by atoms with Gasteiger partial charge in [-0.1, -0.05) is 6.92 Å². The predicted octanol–water partition coefficient (Wildman–Crippen LogP) is 0.701. The van der Waals surface area contributed by atoms with Gasteiger partial charge in [-0.15, -0.1) is 0 Å². The van der Waals surface area contributed by atoms with Crippen LogP contribution in [0.15, 0.2) is 0 Å². The molecule has 0 bridgehead atoms. The normalized spacial score (nSPS) is 12.5. The van der Waals surface area contributed by atoms with Crippen LogP contribution in [0.2, 0.25) is 0 Å². The highest BCUT2D eigenvalue weighted by atomic mass is 16.7. The highest BCUT2D eigenvalue weighted by Crippen LogP contribution is 1.96. The van der Waals surface area contributed by atoms with E-state index < -0.39 is 12.3 Å². The highest BCUT2D eigenvalue weighted by molar-refractivity contribution is 5.69. The van der Waals surface area contributed by atoms with Crippen molar-refractivity contribution in [2.75, 3.05) is 26.4 Å². The van der Waals surface area contributed by atoms with Gasteiger partial charge in [-0.2, -0.15) is 0 Å². The molecule has 0 heterocycles. The molecule has 90 valence electrons. The van der Waals surface area contributed by atoms with Crippen LogP contribution in [0, 0.1) is 0 Å². The maximum atomic E-state index is 10.9. The first-order valence-corrected chi connectivity index (χ1v) is 5.23. The maximum absolute atomic E-state index is 10.9. The standard InChI is InChI=1S/C10H20O5/c1-3-5-9(11)15-10(12)8-14-7-6-13-4-2/h10,12H,3-8H2,1-2H3. The van der Waals surface area contributed by atoms with Crippen molar-refractivity contribution in [1.29, 1.82) is 0 Å². The Balaban J connectivity index is 3.32. The summed E-state index contributed by atoms with van der Waals surface area (Å²) in [5, 5.41) is 9.19. The average molecular weight is 220 g/mol. The number of esters is 1. The van der Waals surface area contributed by atoms with E-state index in [1.807, 2.05) is 13.8 Å². The average Bonchev–Trinajstić information content (AvgIpc) is 2.17. The second-order valence-corrected chi connectivity index (χ2v) is 2.97. The summed E-state index contributed by atoms with van der Waals surface area (Å²) in [5.74, 6) is -0.404. The molecule has 5 nitrogen and oxygen atoms in total. The van der Waals surface area contributed by atoms with E-state index in [2.05, 4.69) is 4.74 Å². The number of carbonyl (C=O) groups excluding carboxylic acids is 1. The summed E-state index contributed by atoms with van der Waals surface area (Å²) < 4.78 is 14.7. The summed E-state index contributed by atoms with van der Waals surface area (Å²) in [6, 6.07) is 0. The fourth-order valence-corrected chi connectivity index (χ4v) is 0.895. The molecule has 0 aliphatic carbocycles. The second kappa shape index (κ2) is 9.89. The van der Waals surface area contributed by atoms with E-state index in [0.717, 1.165) is 0 Å². The van der Waals surface area contributed by atoms with Gasteiger partial charge in [0.15, 0.2) is 0 Å². The van der Waals surface area contributed by atoms with Crippen molar-refractivity contribution in [3.63, 3.8) is 0 Å². The third-order valence-electron chi connectivity index (χ3n) is 1.56. The number of rotatable bonds is 9. The zero-order valence-electron chi connectivity index (χ0n) is 9.40. The van der Waals surface area contributed by atoms with E-state index in [1.165, 1.54) is 0 Å². The van der Waals surface area contributed by atoms with E-state index in [-0.39, 0.29) is 6.61 Å². The minimum atomic E-state index is -1.18. The van der Waals surface area contributed by atoms with Gasteiger partial charge in [0, 0.05) is 13.0 Å². The molecule has 0 aliphatic heterocycles. The molecule has 15 heavy (non-hydrogen) atoms. The summed E-state index contributed by atoms with van der Waals surface area (Å²) in [7, 11) is 0. The van der Waals surface area contributed by atoms with E-state index in [9.17, 15) is 9.90 Å². The Labute approximate surface area is 90.3 Å². The summed E-state index contributed by atoms with van der Waals surface area (Å²) >= 11 is 0. The molecule has 1 N–H and O–H groups in total. The summed E-state index contributed by atoms with van der Waals surface area (Å²) in [4.78, 5) is 10.9. The molecule has 0 aromatic carbocycles. The first-order chi connectivity index (χ1) is 7.20. The minimum Gasteiger partial charge on any atom is -0.433 e. The summed E-state index contributed by atoms with van der Waals surface area (Å²) in [6.07, 6.45) is -0.155. The van der Waals surface area contributed by atoms with Gasteiger partial charge in [0.2, 0.25) is 6.29 Å². The molecule has 5 heteroatoms. The van der Waals surface area contributed by atoms with E-state index in [4.69, 9.17) is 9.47 Å². The number of carbonyl (C=O) groups is 1. The smallest absolute Gasteiger partial charge is 0.308 e. The topological polar surface area (TPSA) is 65.0 Å². The molecular formula is C10H20O5. The van der Waals surface area contributed by atoms with Crippen molar-refractivity contribution >= 4 is 5.97 Å². The fraction of sp³-hybridized carbons (Fsp3) is 0.900. The van der Waals surface area contributed by atoms with Crippen LogP contribution in [0.1, 0.15) is 26.7 Å². The lowest BCUT2D eigenvalue weighted by Gasteiger charge is -2.12. The van der Waals surface area contributed by atoms with E-state index in [0.29, 0.717) is 32.7 Å². The van der Waals surface area contributed by atoms with Crippen LogP contribution in [-0.4, -0.2) is 43.8 Å². The summed E-state index contributed by atoms with van der Waals surface area (Å²) in [6.45, 7) is 5.25. The van der Waals surface area contributed by atoms with Gasteiger partial charge in [0.25, 0.3) is 0 Å². The van der Waals surface area contributed by atoms with Gasteiger partial charge < -0.3 is 19.3 Å². The molecule has 1 unspecified atom stereocenters. The first kappa shape index (κ1) is 14.3. The van der Waals surface area contributed by atoms with Crippen LogP contribution >= 0.6 is 0 Å². The predicted molar refractivity (Wildman–Crippen MR) is 54.3 cm³/mol. The van der Waals surface area contributed by atoms with Crippen molar-refractivity contribution in [3.05, 3.63) is 0 Å². The van der Waals surface area contributed by atoms with Crippen molar-refractivity contribution in [1.82, 2.24) is 0 Å². The SMILES string of the molecule is CCCC(=O)OC(O)COCCOCC. The lowest BCUT2D eigenvalue weighted by molar-refractivity contribution is -0.177. The molecule has 0 aromatic rings. The number of aliphatic hydroxyl groups is 1. The molecular weight excluding hydrogens is 200 g/mol. The molecule has 0 amide bonds. The van der Waals surface area contributed by atoms with Gasteiger partial charge in [-0.3, -0.25) is 4.79 Å². The molecule has 0 aromatic heterocycles. The zero-order valence-corrected chi connectivity index (χ0v) is 9.40. The fourth-order valence-electron chi connectivity index (χ4n) is 0.895. The molecule has 1 atom stereocenters. The summed E-state index contributed by atoms with van der Waals surface area (Å²) in [5.41, 5.74) is 0. The van der Waals surface area contributed by atoms with Crippen molar-refractivity contribution in [3.8, 4) is 0 Å². The molecule has 0 fully saturated rings. The number of hydrogen-bond donors (Lipinski definition) is 1. The van der Waals surface area contributed by atoms with E-state index >= 15 is 0 Å². The molecule has 0 radical (unpaired) electrons. The van der Waals surface area contributed by atoms with Gasteiger partial charge in [0.1, 0.15) is 6.61 Å². The molecule has 0 rings (SSSR count). The number of aliphatic hydroxyl groups excluding tert-OH is 1. The van der Waals surface area contributed by atoms with Gasteiger partial charge in [-0.05, 0) is 13.3 Å². The van der Waals surface area contributed by atoms with Crippen LogP contribution in [-0.2, 0) is 19.0 Å². The van der Waals surface area contributed by atoms with Crippen LogP contribution in [0.5, 0.6) is 0 Å².